The normalized spacial score (nSPS) is 23.5. The van der Waals surface area contributed by atoms with Crippen molar-refractivity contribution in [2.45, 2.75) is 38.0 Å². The summed E-state index contributed by atoms with van der Waals surface area (Å²) < 4.78 is 7.48. The maximum absolute atomic E-state index is 5.49. The van der Waals surface area contributed by atoms with Gasteiger partial charge in [-0.15, -0.1) is 15.3 Å². The van der Waals surface area contributed by atoms with Crippen molar-refractivity contribution in [3.8, 4) is 0 Å². The molecule has 3 saturated heterocycles. The van der Waals surface area contributed by atoms with Crippen molar-refractivity contribution in [2.75, 3.05) is 50.8 Å². The molecule has 0 saturated carbocycles. The van der Waals surface area contributed by atoms with Crippen molar-refractivity contribution in [1.82, 2.24) is 24.7 Å². The second kappa shape index (κ2) is 7.12. The molecule has 0 amide bonds. The molecule has 5 rings (SSSR count). The van der Waals surface area contributed by atoms with Crippen LogP contribution in [-0.4, -0.2) is 70.6 Å². The summed E-state index contributed by atoms with van der Waals surface area (Å²) in [5, 5.41) is 13.7. The maximum atomic E-state index is 5.49. The molecule has 0 unspecified atom stereocenters. The van der Waals surface area contributed by atoms with Crippen molar-refractivity contribution in [3.63, 3.8) is 0 Å². The predicted octanol–water partition coefficient (Wildman–Crippen LogP) is 1.94. The Hall–Kier alpha value is -1.73. The fourth-order valence-electron chi connectivity index (χ4n) is 4.43. The number of piperidine rings is 1. The minimum atomic E-state index is 0.468. The standard InChI is InChI=1S/C19H28N6O/c1-8-24(9-1)18-3-2-17-20-21-19(25(17)22-18)16-4-10-23(11-5-16)14-15-6-12-26-13-7-15/h2-3,15-16H,1,4-14H2. The van der Waals surface area contributed by atoms with Crippen LogP contribution in [0.4, 0.5) is 5.82 Å². The summed E-state index contributed by atoms with van der Waals surface area (Å²) in [5.41, 5.74) is 0.869. The van der Waals surface area contributed by atoms with Gasteiger partial charge < -0.3 is 14.5 Å². The van der Waals surface area contributed by atoms with Crippen LogP contribution in [0.3, 0.4) is 0 Å². The highest BCUT2D eigenvalue weighted by molar-refractivity contribution is 5.47. The third-order valence-corrected chi connectivity index (χ3v) is 6.26. The molecular weight excluding hydrogens is 328 g/mol. The van der Waals surface area contributed by atoms with E-state index in [9.17, 15) is 0 Å². The first-order valence-corrected chi connectivity index (χ1v) is 10.1. The smallest absolute Gasteiger partial charge is 0.178 e. The van der Waals surface area contributed by atoms with Crippen LogP contribution in [0.5, 0.6) is 0 Å². The molecule has 0 bridgehead atoms. The summed E-state index contributed by atoms with van der Waals surface area (Å²) in [7, 11) is 0. The van der Waals surface area contributed by atoms with E-state index in [4.69, 9.17) is 9.84 Å². The van der Waals surface area contributed by atoms with Crippen molar-refractivity contribution in [1.29, 1.82) is 0 Å². The number of anilines is 1. The topological polar surface area (TPSA) is 58.8 Å². The van der Waals surface area contributed by atoms with Crippen molar-refractivity contribution in [2.24, 2.45) is 5.92 Å². The van der Waals surface area contributed by atoms with Crippen LogP contribution in [-0.2, 0) is 4.74 Å². The van der Waals surface area contributed by atoms with E-state index in [1.165, 1.54) is 25.8 Å². The second-order valence-corrected chi connectivity index (χ2v) is 7.99. The van der Waals surface area contributed by atoms with Gasteiger partial charge in [-0.1, -0.05) is 0 Å². The van der Waals surface area contributed by atoms with Crippen LogP contribution < -0.4 is 4.90 Å². The summed E-state index contributed by atoms with van der Waals surface area (Å²) >= 11 is 0. The first kappa shape index (κ1) is 16.4. The molecule has 2 aromatic rings. The molecule has 26 heavy (non-hydrogen) atoms. The van der Waals surface area contributed by atoms with Gasteiger partial charge in [0.15, 0.2) is 11.5 Å². The molecule has 7 heteroatoms. The minimum absolute atomic E-state index is 0.468. The third-order valence-electron chi connectivity index (χ3n) is 6.26. The number of hydrogen-bond acceptors (Lipinski definition) is 6. The van der Waals surface area contributed by atoms with Crippen LogP contribution in [0.25, 0.3) is 5.65 Å². The Balaban J connectivity index is 1.25. The Bertz CT molecular complexity index is 744. The van der Waals surface area contributed by atoms with Crippen molar-refractivity contribution >= 4 is 11.5 Å². The Labute approximate surface area is 154 Å². The highest BCUT2D eigenvalue weighted by Gasteiger charge is 2.27. The van der Waals surface area contributed by atoms with Gasteiger partial charge in [-0.05, 0) is 63.2 Å². The van der Waals surface area contributed by atoms with Gasteiger partial charge in [-0.3, -0.25) is 0 Å². The van der Waals surface area contributed by atoms with Gasteiger partial charge in [-0.2, -0.15) is 4.52 Å². The zero-order valence-electron chi connectivity index (χ0n) is 15.4. The molecule has 5 heterocycles. The Morgan fingerprint density at radius 3 is 2.50 bits per heavy atom. The molecule has 3 aliphatic rings. The zero-order chi connectivity index (χ0) is 17.3. The maximum Gasteiger partial charge on any atom is 0.178 e. The van der Waals surface area contributed by atoms with E-state index >= 15 is 0 Å². The van der Waals surface area contributed by atoms with E-state index in [0.717, 1.165) is 75.4 Å². The molecule has 3 aliphatic heterocycles. The summed E-state index contributed by atoms with van der Waals surface area (Å²) in [6.07, 6.45) is 6.01. The molecule has 0 N–H and O–H groups in total. The lowest BCUT2D eigenvalue weighted by Crippen LogP contribution is -2.38. The molecule has 0 atom stereocenters. The fraction of sp³-hybridized carbons (Fsp3) is 0.737. The van der Waals surface area contributed by atoms with Gasteiger partial charge in [0.25, 0.3) is 0 Å². The molecule has 140 valence electrons. The lowest BCUT2D eigenvalue weighted by Gasteiger charge is -2.34. The van der Waals surface area contributed by atoms with E-state index in [1.54, 1.807) is 0 Å². The lowest BCUT2D eigenvalue weighted by atomic mass is 9.93. The number of aromatic nitrogens is 4. The molecule has 3 fully saturated rings. The molecular formula is C19H28N6O. The Morgan fingerprint density at radius 1 is 0.962 bits per heavy atom. The number of fused-ring (bicyclic) bond motifs is 1. The highest BCUT2D eigenvalue weighted by Crippen LogP contribution is 2.29. The van der Waals surface area contributed by atoms with E-state index in [0.29, 0.717) is 5.92 Å². The van der Waals surface area contributed by atoms with Gasteiger partial charge in [0, 0.05) is 38.8 Å². The predicted molar refractivity (Wildman–Crippen MR) is 99.6 cm³/mol. The molecule has 2 aromatic heterocycles. The third kappa shape index (κ3) is 3.18. The fourth-order valence-corrected chi connectivity index (χ4v) is 4.43. The lowest BCUT2D eigenvalue weighted by molar-refractivity contribution is 0.0486. The molecule has 0 aliphatic carbocycles. The van der Waals surface area contributed by atoms with Gasteiger partial charge >= 0.3 is 0 Å². The monoisotopic (exact) mass is 356 g/mol. The number of hydrogen-bond donors (Lipinski definition) is 0. The van der Waals surface area contributed by atoms with E-state index in [2.05, 4.69) is 32.1 Å². The first-order chi connectivity index (χ1) is 12.9. The van der Waals surface area contributed by atoms with Crippen molar-refractivity contribution < 1.29 is 4.74 Å². The Morgan fingerprint density at radius 2 is 1.77 bits per heavy atom. The molecule has 0 aromatic carbocycles. The van der Waals surface area contributed by atoms with Crippen molar-refractivity contribution in [3.05, 3.63) is 18.0 Å². The zero-order valence-corrected chi connectivity index (χ0v) is 15.4. The van der Waals surface area contributed by atoms with Gasteiger partial charge in [-0.25, -0.2) is 0 Å². The quantitative estimate of drug-likeness (QED) is 0.834. The number of nitrogens with zero attached hydrogens (tertiary/aromatic N) is 6. The molecule has 0 spiro atoms. The molecule has 7 nitrogen and oxygen atoms in total. The average Bonchev–Trinajstić information content (AvgIpc) is 3.05. The van der Waals surface area contributed by atoms with Crippen LogP contribution >= 0.6 is 0 Å². The number of rotatable bonds is 4. The van der Waals surface area contributed by atoms with E-state index in [1.807, 2.05) is 4.52 Å². The summed E-state index contributed by atoms with van der Waals surface area (Å²) in [4.78, 5) is 4.95. The van der Waals surface area contributed by atoms with E-state index < -0.39 is 0 Å². The van der Waals surface area contributed by atoms with Crippen LogP contribution in [0, 0.1) is 5.92 Å². The highest BCUT2D eigenvalue weighted by atomic mass is 16.5. The summed E-state index contributed by atoms with van der Waals surface area (Å²) in [6.45, 7) is 7.65. The average molecular weight is 356 g/mol. The van der Waals surface area contributed by atoms with E-state index in [-0.39, 0.29) is 0 Å². The van der Waals surface area contributed by atoms with Gasteiger partial charge in [0.2, 0.25) is 0 Å². The largest absolute Gasteiger partial charge is 0.381 e. The second-order valence-electron chi connectivity index (χ2n) is 7.99. The van der Waals surface area contributed by atoms with Crippen LogP contribution in [0.2, 0.25) is 0 Å². The van der Waals surface area contributed by atoms with Crippen LogP contribution in [0.15, 0.2) is 12.1 Å². The molecule has 0 radical (unpaired) electrons. The number of likely N-dealkylation sites (tertiary alicyclic amines) is 1. The SMILES string of the molecule is c1cc2nnc(C3CCN(CC4CCOCC4)CC3)n2nc1N1CCC1. The Kier molecular flexibility index (Phi) is 4.50. The minimum Gasteiger partial charge on any atom is -0.381 e. The van der Waals surface area contributed by atoms with Crippen LogP contribution in [0.1, 0.15) is 43.8 Å². The summed E-state index contributed by atoms with van der Waals surface area (Å²) in [5.74, 6) is 3.39. The van der Waals surface area contributed by atoms with Gasteiger partial charge in [0.1, 0.15) is 5.82 Å². The number of ether oxygens (including phenoxy) is 1. The summed E-state index contributed by atoms with van der Waals surface area (Å²) in [6, 6.07) is 4.13. The van der Waals surface area contributed by atoms with Gasteiger partial charge in [0.05, 0.1) is 0 Å². The first-order valence-electron chi connectivity index (χ1n) is 10.1.